The molecule has 0 bridgehead atoms. The molecule has 0 aliphatic carbocycles. The van der Waals surface area contributed by atoms with Gasteiger partial charge in [-0.1, -0.05) is 25.1 Å². The number of aliphatic hydroxyl groups excluding tert-OH is 1. The van der Waals surface area contributed by atoms with Crippen molar-refractivity contribution >= 4 is 0 Å². The van der Waals surface area contributed by atoms with Gasteiger partial charge in [-0.15, -0.1) is 6.58 Å². The highest BCUT2D eigenvalue weighted by Gasteiger charge is 2.10. The first-order valence-electron chi connectivity index (χ1n) is 4.28. The van der Waals surface area contributed by atoms with Gasteiger partial charge in [-0.25, -0.2) is 4.39 Å². The molecule has 0 spiro atoms. The van der Waals surface area contributed by atoms with Crippen LogP contribution in [0.15, 0.2) is 30.9 Å². The molecule has 0 aromatic heterocycles. The lowest BCUT2D eigenvalue weighted by Crippen LogP contribution is -2.00. The van der Waals surface area contributed by atoms with Crippen LogP contribution in [0.2, 0.25) is 0 Å². The van der Waals surface area contributed by atoms with Gasteiger partial charge in [0.2, 0.25) is 0 Å². The quantitative estimate of drug-likeness (QED) is 0.709. The first-order valence-corrected chi connectivity index (χ1v) is 4.28. The lowest BCUT2D eigenvalue weighted by Gasteiger charge is -2.11. The van der Waals surface area contributed by atoms with Gasteiger partial charge in [-0.3, -0.25) is 0 Å². The highest BCUT2D eigenvalue weighted by atomic mass is 19.1. The Hall–Kier alpha value is -1.15. The number of benzene rings is 1. The van der Waals surface area contributed by atoms with Gasteiger partial charge in [0, 0.05) is 0 Å². The molecule has 0 radical (unpaired) electrons. The lowest BCUT2D eigenvalue weighted by atomic mass is 10.00. The minimum atomic E-state index is -0.773. The fourth-order valence-electron chi connectivity index (χ4n) is 1.35. The second-order valence-electron chi connectivity index (χ2n) is 2.84. The molecule has 0 aliphatic heterocycles. The molecule has 0 heterocycles. The van der Waals surface area contributed by atoms with E-state index in [1.165, 1.54) is 12.1 Å². The summed E-state index contributed by atoms with van der Waals surface area (Å²) in [6, 6.07) is 4.71. The summed E-state index contributed by atoms with van der Waals surface area (Å²) in [6.07, 6.45) is 1.20. The van der Waals surface area contributed by atoms with E-state index in [1.54, 1.807) is 12.1 Å². The number of aliphatic hydroxyl groups is 1. The van der Waals surface area contributed by atoms with Crippen molar-refractivity contribution in [2.75, 3.05) is 0 Å². The Morgan fingerprint density at radius 1 is 1.62 bits per heavy atom. The van der Waals surface area contributed by atoms with Crippen LogP contribution in [0.1, 0.15) is 24.2 Å². The molecular weight excluding hydrogens is 167 g/mol. The van der Waals surface area contributed by atoms with Crippen LogP contribution >= 0.6 is 0 Å². The topological polar surface area (TPSA) is 20.2 Å². The number of hydrogen-bond acceptors (Lipinski definition) is 1. The van der Waals surface area contributed by atoms with E-state index in [2.05, 4.69) is 6.58 Å². The third-order valence-corrected chi connectivity index (χ3v) is 2.05. The van der Waals surface area contributed by atoms with Gasteiger partial charge in [0.25, 0.3) is 0 Å². The molecule has 2 heteroatoms. The maximum atomic E-state index is 13.2. The van der Waals surface area contributed by atoms with Crippen molar-refractivity contribution in [1.29, 1.82) is 0 Å². The molecule has 0 saturated carbocycles. The van der Waals surface area contributed by atoms with Crippen LogP contribution in [-0.4, -0.2) is 5.11 Å². The standard InChI is InChI=1S/C11H13FO/c1-3-8-9(11(13)4-2)6-5-7-10(8)12/h4-7,11,13H,2-3H2,1H3. The minimum Gasteiger partial charge on any atom is -0.384 e. The van der Waals surface area contributed by atoms with Crippen molar-refractivity contribution in [2.45, 2.75) is 19.4 Å². The Bertz CT molecular complexity index is 307. The van der Waals surface area contributed by atoms with Crippen LogP contribution in [0.3, 0.4) is 0 Å². The molecule has 1 atom stereocenters. The summed E-state index contributed by atoms with van der Waals surface area (Å²) in [4.78, 5) is 0. The number of halogens is 1. The molecule has 0 aliphatic rings. The smallest absolute Gasteiger partial charge is 0.126 e. The van der Waals surface area contributed by atoms with Crippen molar-refractivity contribution in [2.24, 2.45) is 0 Å². The Balaban J connectivity index is 3.19. The second kappa shape index (κ2) is 4.19. The summed E-state index contributed by atoms with van der Waals surface area (Å²) in [5.74, 6) is -0.263. The zero-order valence-electron chi connectivity index (χ0n) is 7.63. The Morgan fingerprint density at radius 2 is 2.31 bits per heavy atom. The summed E-state index contributed by atoms with van der Waals surface area (Å²) in [5.41, 5.74) is 1.17. The van der Waals surface area contributed by atoms with Gasteiger partial charge in [-0.05, 0) is 23.6 Å². The van der Waals surface area contributed by atoms with Gasteiger partial charge in [0.05, 0.1) is 6.10 Å². The van der Waals surface area contributed by atoms with E-state index in [4.69, 9.17) is 0 Å². The molecular formula is C11H13FO. The second-order valence-corrected chi connectivity index (χ2v) is 2.84. The van der Waals surface area contributed by atoms with E-state index >= 15 is 0 Å². The minimum absolute atomic E-state index is 0.263. The SMILES string of the molecule is C=CC(O)c1cccc(F)c1CC. The Kier molecular flexibility index (Phi) is 3.20. The molecule has 70 valence electrons. The van der Waals surface area contributed by atoms with Gasteiger partial charge >= 0.3 is 0 Å². The van der Waals surface area contributed by atoms with E-state index in [1.807, 2.05) is 6.92 Å². The Morgan fingerprint density at radius 3 is 2.85 bits per heavy atom. The molecule has 1 N–H and O–H groups in total. The Labute approximate surface area is 77.5 Å². The summed E-state index contributed by atoms with van der Waals surface area (Å²) in [6.45, 7) is 5.33. The highest BCUT2D eigenvalue weighted by molar-refractivity contribution is 5.32. The largest absolute Gasteiger partial charge is 0.384 e. The lowest BCUT2D eigenvalue weighted by molar-refractivity contribution is 0.227. The van der Waals surface area contributed by atoms with E-state index in [0.717, 1.165) is 0 Å². The first kappa shape index (κ1) is 9.93. The molecule has 13 heavy (non-hydrogen) atoms. The van der Waals surface area contributed by atoms with E-state index in [0.29, 0.717) is 17.5 Å². The summed E-state index contributed by atoms with van der Waals surface area (Å²) in [7, 11) is 0. The zero-order chi connectivity index (χ0) is 9.84. The fourth-order valence-corrected chi connectivity index (χ4v) is 1.35. The van der Waals surface area contributed by atoms with E-state index in [-0.39, 0.29) is 5.82 Å². The van der Waals surface area contributed by atoms with Gasteiger partial charge in [0.15, 0.2) is 0 Å². The van der Waals surface area contributed by atoms with Crippen LogP contribution in [-0.2, 0) is 6.42 Å². The predicted octanol–water partition coefficient (Wildman–Crippen LogP) is 2.61. The molecule has 1 aromatic carbocycles. The van der Waals surface area contributed by atoms with E-state index < -0.39 is 6.10 Å². The number of rotatable bonds is 3. The third kappa shape index (κ3) is 1.95. The van der Waals surface area contributed by atoms with Crippen LogP contribution in [0.25, 0.3) is 0 Å². The van der Waals surface area contributed by atoms with Crippen molar-refractivity contribution in [3.63, 3.8) is 0 Å². The van der Waals surface area contributed by atoms with E-state index in [9.17, 15) is 9.50 Å². The summed E-state index contributed by atoms with van der Waals surface area (Å²) < 4.78 is 13.2. The molecule has 1 rings (SSSR count). The molecule has 1 nitrogen and oxygen atoms in total. The first-order chi connectivity index (χ1) is 6.20. The molecule has 0 saturated heterocycles. The maximum Gasteiger partial charge on any atom is 0.126 e. The average Bonchev–Trinajstić information content (AvgIpc) is 2.16. The van der Waals surface area contributed by atoms with Crippen LogP contribution in [0.4, 0.5) is 4.39 Å². The zero-order valence-corrected chi connectivity index (χ0v) is 7.63. The van der Waals surface area contributed by atoms with Crippen molar-refractivity contribution < 1.29 is 9.50 Å². The molecule has 0 amide bonds. The maximum absolute atomic E-state index is 13.2. The van der Waals surface area contributed by atoms with Crippen molar-refractivity contribution in [3.05, 3.63) is 47.8 Å². The summed E-state index contributed by atoms with van der Waals surface area (Å²) >= 11 is 0. The van der Waals surface area contributed by atoms with Gasteiger partial charge in [0.1, 0.15) is 5.82 Å². The normalized spacial score (nSPS) is 12.5. The van der Waals surface area contributed by atoms with Gasteiger partial charge < -0.3 is 5.11 Å². The average molecular weight is 180 g/mol. The molecule has 1 aromatic rings. The summed E-state index contributed by atoms with van der Waals surface area (Å²) in [5, 5.41) is 9.48. The molecule has 1 unspecified atom stereocenters. The van der Waals surface area contributed by atoms with Crippen molar-refractivity contribution in [3.8, 4) is 0 Å². The predicted molar refractivity (Wildman–Crippen MR) is 50.9 cm³/mol. The van der Waals surface area contributed by atoms with Crippen molar-refractivity contribution in [1.82, 2.24) is 0 Å². The van der Waals surface area contributed by atoms with Gasteiger partial charge in [-0.2, -0.15) is 0 Å². The fraction of sp³-hybridized carbons (Fsp3) is 0.273. The number of hydrogen-bond donors (Lipinski definition) is 1. The van der Waals surface area contributed by atoms with Crippen LogP contribution < -0.4 is 0 Å². The molecule has 0 fully saturated rings. The highest BCUT2D eigenvalue weighted by Crippen LogP contribution is 2.21. The third-order valence-electron chi connectivity index (χ3n) is 2.05. The monoisotopic (exact) mass is 180 g/mol. The van der Waals surface area contributed by atoms with Crippen LogP contribution in [0, 0.1) is 5.82 Å². The van der Waals surface area contributed by atoms with Crippen LogP contribution in [0.5, 0.6) is 0 Å².